The average Bonchev–Trinajstić information content (AvgIpc) is 3.65. The Kier molecular flexibility index (Phi) is 8.38. The van der Waals surface area contributed by atoms with Crippen LogP contribution in [0.4, 0.5) is 0 Å². The zero-order valence-electron chi connectivity index (χ0n) is 25.9. The Morgan fingerprint density at radius 1 is 0.596 bits per heavy atom. The van der Waals surface area contributed by atoms with E-state index in [0.717, 1.165) is 38.4 Å². The van der Waals surface area contributed by atoms with Crippen LogP contribution in [0.5, 0.6) is 0 Å². The minimum Gasteiger partial charge on any atom is -0.295 e. The number of aromatic nitrogens is 3. The predicted octanol–water partition coefficient (Wildman–Crippen LogP) is 10.8. The molecule has 0 saturated heterocycles. The van der Waals surface area contributed by atoms with E-state index in [4.69, 9.17) is 9.97 Å². The first-order valence-electron chi connectivity index (χ1n) is 15.4. The zero-order chi connectivity index (χ0) is 31.1. The fourth-order valence-electron chi connectivity index (χ4n) is 6.28. The predicted molar refractivity (Wildman–Crippen MR) is 191 cm³/mol. The largest absolute Gasteiger partial charge is 0.295 e. The second-order valence-corrected chi connectivity index (χ2v) is 13.0. The molecule has 8 aromatic rings. The number of thiazole rings is 1. The molecule has 47 heavy (non-hydrogen) atoms. The number of hydrogen-bond acceptors (Lipinski definition) is 4. The number of nitrogens with zero attached hydrogens (tertiary/aromatic N) is 3. The monoisotopic (exact) mass is 800 g/mol. The van der Waals surface area contributed by atoms with Crippen molar-refractivity contribution >= 4 is 32.6 Å². The van der Waals surface area contributed by atoms with E-state index in [1.807, 2.05) is 48.5 Å². The smallest absolute Gasteiger partial charge is 0.0869 e. The maximum Gasteiger partial charge on any atom is 0.0869 e. The van der Waals surface area contributed by atoms with Gasteiger partial charge in [0, 0.05) is 36.0 Å². The van der Waals surface area contributed by atoms with Crippen LogP contribution in [-0.4, -0.2) is 15.0 Å². The van der Waals surface area contributed by atoms with E-state index in [1.165, 1.54) is 38.1 Å². The normalized spacial score (nSPS) is 12.5. The third-order valence-corrected chi connectivity index (χ3v) is 9.75. The summed E-state index contributed by atoms with van der Waals surface area (Å²) in [4.78, 5) is 13.8. The van der Waals surface area contributed by atoms with Crippen LogP contribution in [0, 0.1) is 12.1 Å². The van der Waals surface area contributed by atoms with Gasteiger partial charge in [0.15, 0.2) is 0 Å². The maximum atomic E-state index is 4.77. The maximum absolute atomic E-state index is 4.77. The van der Waals surface area contributed by atoms with Gasteiger partial charge in [-0.2, -0.15) is 11.3 Å². The number of rotatable bonds is 3. The van der Waals surface area contributed by atoms with E-state index in [0.29, 0.717) is 0 Å². The first-order chi connectivity index (χ1) is 22.5. The van der Waals surface area contributed by atoms with Gasteiger partial charge in [-0.15, -0.1) is 64.7 Å². The fraction of sp³-hybridized carbons (Fsp3) is 0.0714. The summed E-state index contributed by atoms with van der Waals surface area (Å²) in [6, 6.07) is 52.6. The first kappa shape index (κ1) is 30.8. The first-order valence-corrected chi connectivity index (χ1v) is 16.2. The van der Waals surface area contributed by atoms with Gasteiger partial charge in [-0.3, -0.25) is 15.0 Å². The molecule has 0 bridgehead atoms. The van der Waals surface area contributed by atoms with E-state index in [-0.39, 0.29) is 25.5 Å². The van der Waals surface area contributed by atoms with Gasteiger partial charge < -0.3 is 0 Å². The number of hydrogen-bond donors (Lipinski definition) is 0. The van der Waals surface area contributed by atoms with Gasteiger partial charge in [-0.25, -0.2) is 0 Å². The third kappa shape index (κ3) is 5.83. The summed E-state index contributed by atoms with van der Waals surface area (Å²) in [6.45, 7) is 4.58. The summed E-state index contributed by atoms with van der Waals surface area (Å²) < 4.78 is 1.21. The van der Waals surface area contributed by atoms with Gasteiger partial charge in [-0.05, 0) is 52.6 Å². The molecule has 0 spiro atoms. The molecule has 1 aliphatic rings. The molecule has 9 rings (SSSR count). The SMILES string of the molecule is CC1(C)c2ccccc2-c2c[c-]c(-c3ccc4ncccc4n3)cc21.[Ir].[c-]1ccc(-c2ccccc2)cc1-c1nc2ccccc2s1. The quantitative estimate of drug-likeness (QED) is 0.167. The molecule has 0 atom stereocenters. The van der Waals surface area contributed by atoms with E-state index in [1.54, 1.807) is 17.5 Å². The molecule has 0 fully saturated rings. The van der Waals surface area contributed by atoms with Crippen LogP contribution in [0.1, 0.15) is 25.0 Å². The summed E-state index contributed by atoms with van der Waals surface area (Å²) in [5.74, 6) is 0. The molecule has 1 radical (unpaired) electrons. The Balaban J connectivity index is 0.000000148. The number of benzene rings is 5. The number of pyridine rings is 2. The van der Waals surface area contributed by atoms with Gasteiger partial charge in [-0.1, -0.05) is 97.8 Å². The van der Waals surface area contributed by atoms with Crippen molar-refractivity contribution in [3.05, 3.63) is 163 Å². The van der Waals surface area contributed by atoms with Crippen LogP contribution in [0.25, 0.3) is 65.3 Å². The minimum atomic E-state index is -0.00577. The average molecular weight is 800 g/mol. The second-order valence-electron chi connectivity index (χ2n) is 11.9. The van der Waals surface area contributed by atoms with Gasteiger partial charge in [0.2, 0.25) is 0 Å². The standard InChI is InChI=1S/C23H17N2.C19H12NS.Ir/c1-23(2)18-7-4-3-6-16(18)17-10-9-15(14-19(17)23)20-11-12-21-22(25-20)8-5-13-24-21;1-2-7-14(8-3-1)15-9-6-10-16(13-15)19-20-17-11-4-5-12-18(17)21-19;/h3-8,10-14H,1-2H3;1-9,11-13H;/q2*-1;. The topological polar surface area (TPSA) is 38.7 Å². The molecule has 0 unspecified atom stereocenters. The summed E-state index contributed by atoms with van der Waals surface area (Å²) in [7, 11) is 0. The molecule has 0 saturated carbocycles. The Morgan fingerprint density at radius 2 is 1.38 bits per heavy atom. The van der Waals surface area contributed by atoms with Crippen LogP contribution in [0.15, 0.2) is 140 Å². The number of para-hydroxylation sites is 1. The van der Waals surface area contributed by atoms with Crippen LogP contribution >= 0.6 is 11.3 Å². The molecule has 1 aliphatic carbocycles. The summed E-state index contributed by atoms with van der Waals surface area (Å²) in [5, 5.41) is 1.02. The van der Waals surface area contributed by atoms with Gasteiger partial charge in [0.1, 0.15) is 0 Å². The van der Waals surface area contributed by atoms with E-state index < -0.39 is 0 Å². The Labute approximate surface area is 292 Å². The van der Waals surface area contributed by atoms with Crippen molar-refractivity contribution in [2.75, 3.05) is 0 Å². The van der Waals surface area contributed by atoms with Gasteiger partial charge >= 0.3 is 0 Å². The van der Waals surface area contributed by atoms with Crippen LogP contribution in [-0.2, 0) is 25.5 Å². The molecule has 5 aromatic carbocycles. The van der Waals surface area contributed by atoms with E-state index in [2.05, 4.69) is 116 Å². The van der Waals surface area contributed by atoms with E-state index >= 15 is 0 Å². The summed E-state index contributed by atoms with van der Waals surface area (Å²) in [6.07, 6.45) is 1.80. The Morgan fingerprint density at radius 3 is 2.26 bits per heavy atom. The van der Waals surface area contributed by atoms with Crippen molar-refractivity contribution in [2.24, 2.45) is 0 Å². The van der Waals surface area contributed by atoms with Gasteiger partial charge in [0.25, 0.3) is 0 Å². The molecule has 3 heterocycles. The van der Waals surface area contributed by atoms with Crippen molar-refractivity contribution in [2.45, 2.75) is 19.3 Å². The van der Waals surface area contributed by atoms with Crippen molar-refractivity contribution in [1.82, 2.24) is 15.0 Å². The minimum absolute atomic E-state index is 0. The molecular formula is C42H29IrN3S-2. The van der Waals surface area contributed by atoms with Crippen molar-refractivity contribution in [1.29, 1.82) is 0 Å². The summed E-state index contributed by atoms with van der Waals surface area (Å²) in [5.41, 5.74) is 13.6. The van der Waals surface area contributed by atoms with Crippen LogP contribution < -0.4 is 0 Å². The molecule has 3 nitrogen and oxygen atoms in total. The fourth-order valence-corrected chi connectivity index (χ4v) is 7.23. The summed E-state index contributed by atoms with van der Waals surface area (Å²) >= 11 is 1.71. The van der Waals surface area contributed by atoms with Crippen molar-refractivity contribution < 1.29 is 20.1 Å². The Hall–Kier alpha value is -4.80. The molecule has 5 heteroatoms. The second kappa shape index (κ2) is 12.8. The van der Waals surface area contributed by atoms with Crippen molar-refractivity contribution in [3.8, 4) is 44.1 Å². The zero-order valence-corrected chi connectivity index (χ0v) is 29.1. The molecular weight excluding hydrogens is 771 g/mol. The molecule has 3 aromatic heterocycles. The Bertz CT molecular complexity index is 2330. The molecule has 0 aliphatic heterocycles. The van der Waals surface area contributed by atoms with Crippen LogP contribution in [0.3, 0.4) is 0 Å². The molecule has 0 amide bonds. The van der Waals surface area contributed by atoms with Crippen molar-refractivity contribution in [3.63, 3.8) is 0 Å². The van der Waals surface area contributed by atoms with Crippen LogP contribution in [0.2, 0.25) is 0 Å². The van der Waals surface area contributed by atoms with E-state index in [9.17, 15) is 0 Å². The number of fused-ring (bicyclic) bond motifs is 5. The molecule has 229 valence electrons. The third-order valence-electron chi connectivity index (χ3n) is 8.68. The molecule has 0 N–H and O–H groups in total. The van der Waals surface area contributed by atoms with Gasteiger partial charge in [0.05, 0.1) is 16.6 Å².